The first-order valence-corrected chi connectivity index (χ1v) is 11.3. The highest BCUT2D eigenvalue weighted by atomic mass is 19.3. The molecule has 0 aliphatic heterocycles. The van der Waals surface area contributed by atoms with Crippen molar-refractivity contribution >= 4 is 0 Å². The Morgan fingerprint density at radius 3 is 2.03 bits per heavy atom. The highest BCUT2D eigenvalue weighted by molar-refractivity contribution is 5.34. The number of alkyl halides is 4. The van der Waals surface area contributed by atoms with Crippen molar-refractivity contribution in [1.82, 2.24) is 0 Å². The van der Waals surface area contributed by atoms with Crippen LogP contribution in [0.3, 0.4) is 0 Å². The number of hydrogen-bond donors (Lipinski definition) is 0. The van der Waals surface area contributed by atoms with Crippen molar-refractivity contribution in [3.8, 4) is 11.5 Å². The number of benzene rings is 2. The first kappa shape index (κ1) is 25.2. The molecule has 0 N–H and O–H groups in total. The lowest BCUT2D eigenvalue weighted by Gasteiger charge is -2.29. The van der Waals surface area contributed by atoms with Crippen LogP contribution in [-0.2, 0) is 6.11 Å². The Balaban J connectivity index is 1.68. The third kappa shape index (κ3) is 6.81. The molecule has 0 heterocycles. The molecule has 182 valence electrons. The maximum atomic E-state index is 14.7. The van der Waals surface area contributed by atoms with Crippen LogP contribution >= 0.6 is 0 Å². The summed E-state index contributed by atoms with van der Waals surface area (Å²) in [5, 5.41) is 0. The van der Waals surface area contributed by atoms with Gasteiger partial charge in [0.2, 0.25) is 0 Å². The molecule has 2 nitrogen and oxygen atoms in total. The number of unbranched alkanes of at least 4 members (excludes halogenated alkanes) is 2. The number of ether oxygens (including phenoxy) is 2. The normalized spacial score (nSPS) is 19.0. The summed E-state index contributed by atoms with van der Waals surface area (Å²) < 4.78 is 91.5. The highest BCUT2D eigenvalue weighted by Crippen LogP contribution is 2.41. The fraction of sp³-hybridized carbons (Fsp3) is 0.520. The van der Waals surface area contributed by atoms with Gasteiger partial charge in [-0.15, -0.1) is 0 Å². The van der Waals surface area contributed by atoms with E-state index < -0.39 is 35.7 Å². The van der Waals surface area contributed by atoms with E-state index in [1.54, 1.807) is 0 Å². The largest absolute Gasteiger partial charge is 0.435 e. The second-order valence-corrected chi connectivity index (χ2v) is 8.54. The van der Waals surface area contributed by atoms with E-state index in [1.165, 1.54) is 12.8 Å². The van der Waals surface area contributed by atoms with Gasteiger partial charge in [0.25, 0.3) is 0 Å². The molecule has 0 aromatic heterocycles. The zero-order valence-corrected chi connectivity index (χ0v) is 18.4. The molecular weight excluding hydrogens is 446 g/mol. The molecule has 0 bridgehead atoms. The highest BCUT2D eigenvalue weighted by Gasteiger charge is 2.41. The van der Waals surface area contributed by atoms with Gasteiger partial charge in [-0.05, 0) is 79.5 Å². The summed E-state index contributed by atoms with van der Waals surface area (Å²) in [5.41, 5.74) is -1.10. The van der Waals surface area contributed by atoms with Gasteiger partial charge in [0.1, 0.15) is 28.7 Å². The molecule has 1 fully saturated rings. The topological polar surface area (TPSA) is 18.5 Å². The predicted octanol–water partition coefficient (Wildman–Crippen LogP) is 8.55. The van der Waals surface area contributed by atoms with Crippen LogP contribution in [0.4, 0.5) is 26.3 Å². The molecule has 0 spiro atoms. The van der Waals surface area contributed by atoms with E-state index in [9.17, 15) is 26.3 Å². The maximum Gasteiger partial charge on any atom is 0.432 e. The zero-order valence-electron chi connectivity index (χ0n) is 18.4. The Morgan fingerprint density at radius 1 is 0.909 bits per heavy atom. The van der Waals surface area contributed by atoms with E-state index in [0.717, 1.165) is 74.9 Å². The first-order chi connectivity index (χ1) is 15.7. The lowest BCUT2D eigenvalue weighted by Crippen LogP contribution is -2.25. The van der Waals surface area contributed by atoms with Gasteiger partial charge in [-0.2, -0.15) is 17.6 Å². The van der Waals surface area contributed by atoms with E-state index in [-0.39, 0.29) is 11.7 Å². The average molecular weight is 474 g/mol. The van der Waals surface area contributed by atoms with Crippen LogP contribution in [0.15, 0.2) is 36.4 Å². The van der Waals surface area contributed by atoms with Crippen molar-refractivity contribution in [1.29, 1.82) is 0 Å². The molecule has 0 saturated heterocycles. The van der Waals surface area contributed by atoms with E-state index >= 15 is 0 Å². The molecule has 33 heavy (non-hydrogen) atoms. The monoisotopic (exact) mass is 474 g/mol. The van der Waals surface area contributed by atoms with Gasteiger partial charge in [-0.3, -0.25) is 0 Å². The maximum absolute atomic E-state index is 14.7. The van der Waals surface area contributed by atoms with Gasteiger partial charge in [-0.25, -0.2) is 8.78 Å². The summed E-state index contributed by atoms with van der Waals surface area (Å²) in [6.45, 7) is -0.921. The van der Waals surface area contributed by atoms with Crippen molar-refractivity contribution < 1.29 is 35.8 Å². The van der Waals surface area contributed by atoms with Crippen molar-refractivity contribution in [3.05, 3.63) is 59.2 Å². The average Bonchev–Trinajstić information content (AvgIpc) is 2.74. The summed E-state index contributed by atoms with van der Waals surface area (Å²) in [6, 6.07) is 5.83. The molecule has 1 aliphatic rings. The van der Waals surface area contributed by atoms with Crippen LogP contribution in [0.5, 0.6) is 11.5 Å². The van der Waals surface area contributed by atoms with Crippen molar-refractivity contribution in [2.75, 3.05) is 0 Å². The molecule has 0 radical (unpaired) electrons. The van der Waals surface area contributed by atoms with Crippen molar-refractivity contribution in [2.24, 2.45) is 5.92 Å². The second kappa shape index (κ2) is 11.2. The summed E-state index contributed by atoms with van der Waals surface area (Å²) in [5.74, 6) is -2.93. The first-order valence-electron chi connectivity index (χ1n) is 11.3. The third-order valence-corrected chi connectivity index (χ3v) is 6.18. The van der Waals surface area contributed by atoms with Crippen molar-refractivity contribution in [2.45, 2.75) is 76.9 Å². The molecule has 1 aliphatic carbocycles. The lowest BCUT2D eigenvalue weighted by molar-refractivity contribution is -0.189. The van der Waals surface area contributed by atoms with Crippen LogP contribution in [0, 0.1) is 17.6 Å². The summed E-state index contributed by atoms with van der Waals surface area (Å²) in [7, 11) is 0. The quantitative estimate of drug-likeness (QED) is 0.254. The molecule has 0 amide bonds. The van der Waals surface area contributed by atoms with E-state index in [0.29, 0.717) is 11.5 Å². The van der Waals surface area contributed by atoms with Crippen LogP contribution in [0.25, 0.3) is 0 Å². The predicted molar refractivity (Wildman–Crippen MR) is 113 cm³/mol. The fourth-order valence-corrected chi connectivity index (χ4v) is 4.46. The summed E-state index contributed by atoms with van der Waals surface area (Å²) >= 11 is 0. The van der Waals surface area contributed by atoms with Gasteiger partial charge < -0.3 is 9.47 Å². The lowest BCUT2D eigenvalue weighted by atomic mass is 9.77. The number of hydrogen-bond acceptors (Lipinski definition) is 2. The van der Waals surface area contributed by atoms with E-state index in [1.807, 2.05) is 0 Å². The minimum Gasteiger partial charge on any atom is -0.435 e. The Labute approximate surface area is 189 Å². The smallest absolute Gasteiger partial charge is 0.432 e. The van der Waals surface area contributed by atoms with E-state index in [4.69, 9.17) is 0 Å². The molecule has 2 aromatic rings. The molecule has 1 saturated carbocycles. The van der Waals surface area contributed by atoms with Crippen LogP contribution < -0.4 is 9.47 Å². The summed E-state index contributed by atoms with van der Waals surface area (Å²) in [6.07, 6.45) is 3.86. The van der Waals surface area contributed by atoms with Crippen molar-refractivity contribution in [3.63, 3.8) is 0 Å². The minimum absolute atomic E-state index is 0.0672. The second-order valence-electron chi connectivity index (χ2n) is 8.54. The van der Waals surface area contributed by atoms with Gasteiger partial charge in [0, 0.05) is 0 Å². The molecule has 3 rings (SSSR count). The number of rotatable bonds is 10. The Morgan fingerprint density at radius 2 is 1.48 bits per heavy atom. The van der Waals surface area contributed by atoms with Gasteiger partial charge in [0.15, 0.2) is 0 Å². The SMILES string of the molecule is CCCCCC1CCC(c2cc(F)c(C(F)(F)Oc3ccc(OC(F)F)cc3)c(F)c2)CC1. The molecule has 8 heteroatoms. The molecular formula is C25H28F6O2. The Kier molecular flexibility index (Phi) is 8.54. The van der Waals surface area contributed by atoms with Gasteiger partial charge >= 0.3 is 12.7 Å². The zero-order chi connectivity index (χ0) is 24.0. The number of halogens is 6. The van der Waals surface area contributed by atoms with Gasteiger partial charge in [-0.1, -0.05) is 32.6 Å². The van der Waals surface area contributed by atoms with Crippen LogP contribution in [0.2, 0.25) is 0 Å². The van der Waals surface area contributed by atoms with Crippen LogP contribution in [0.1, 0.15) is 75.3 Å². The van der Waals surface area contributed by atoms with Gasteiger partial charge in [0.05, 0.1) is 0 Å². The summed E-state index contributed by atoms with van der Waals surface area (Å²) in [4.78, 5) is 0. The molecule has 0 atom stereocenters. The van der Waals surface area contributed by atoms with E-state index in [2.05, 4.69) is 16.4 Å². The molecule has 0 unspecified atom stereocenters. The standard InChI is InChI=1S/C25H28F6O2/c1-2-3-4-5-16-6-8-17(9-7-16)18-14-21(26)23(22(27)15-18)25(30,31)33-20-12-10-19(11-13-20)32-24(28)29/h10-17,24H,2-9H2,1H3. The molecule has 2 aromatic carbocycles. The van der Waals surface area contributed by atoms with Crippen LogP contribution in [-0.4, -0.2) is 6.61 Å². The Hall–Kier alpha value is -2.38. The Bertz CT molecular complexity index is 869. The third-order valence-electron chi connectivity index (χ3n) is 6.18. The minimum atomic E-state index is -4.30. The fourth-order valence-electron chi connectivity index (χ4n) is 4.46.